The molecular formula is C13H22N2OS. The van der Waals surface area contributed by atoms with Crippen LogP contribution in [0.25, 0.3) is 0 Å². The smallest absolute Gasteiger partial charge is 0.0826 e. The molecule has 1 N–H and O–H groups in total. The van der Waals surface area contributed by atoms with E-state index in [1.165, 1.54) is 4.88 Å². The summed E-state index contributed by atoms with van der Waals surface area (Å²) in [5, 5.41) is 5.63. The van der Waals surface area contributed by atoms with E-state index in [4.69, 9.17) is 4.74 Å². The van der Waals surface area contributed by atoms with Gasteiger partial charge in [-0.3, -0.25) is 4.90 Å². The number of hydrogen-bond donors (Lipinski definition) is 1. The Morgan fingerprint density at radius 2 is 2.53 bits per heavy atom. The summed E-state index contributed by atoms with van der Waals surface area (Å²) in [4.78, 5) is 3.91. The van der Waals surface area contributed by atoms with Crippen LogP contribution in [0.5, 0.6) is 0 Å². The Hall–Kier alpha value is -0.420. The molecule has 0 saturated carbocycles. The first-order valence-electron chi connectivity index (χ1n) is 6.45. The van der Waals surface area contributed by atoms with E-state index in [1.54, 1.807) is 0 Å². The third-order valence-electron chi connectivity index (χ3n) is 3.17. The number of morpholine rings is 1. The molecule has 1 atom stereocenters. The summed E-state index contributed by atoms with van der Waals surface area (Å²) in [7, 11) is 0. The van der Waals surface area contributed by atoms with E-state index in [-0.39, 0.29) is 0 Å². The molecule has 0 aromatic carbocycles. The Labute approximate surface area is 108 Å². The normalized spacial score (nSPS) is 21.8. The fourth-order valence-corrected chi connectivity index (χ4v) is 2.83. The summed E-state index contributed by atoms with van der Waals surface area (Å²) < 4.78 is 5.75. The fourth-order valence-electron chi connectivity index (χ4n) is 2.12. The quantitative estimate of drug-likeness (QED) is 0.781. The molecule has 17 heavy (non-hydrogen) atoms. The molecule has 1 aromatic heterocycles. The van der Waals surface area contributed by atoms with E-state index < -0.39 is 0 Å². The zero-order valence-corrected chi connectivity index (χ0v) is 11.3. The predicted molar refractivity (Wildman–Crippen MR) is 72.7 cm³/mol. The minimum atomic E-state index is 0.368. The summed E-state index contributed by atoms with van der Waals surface area (Å²) in [6.07, 6.45) is 1.49. The Balaban J connectivity index is 1.58. The Bertz CT molecular complexity index is 302. The van der Waals surface area contributed by atoms with Crippen molar-refractivity contribution in [2.75, 3.05) is 39.3 Å². The molecule has 1 aromatic rings. The van der Waals surface area contributed by atoms with Crippen molar-refractivity contribution in [1.82, 2.24) is 10.2 Å². The monoisotopic (exact) mass is 254 g/mol. The van der Waals surface area contributed by atoms with Gasteiger partial charge in [0.1, 0.15) is 0 Å². The number of rotatable bonds is 6. The van der Waals surface area contributed by atoms with E-state index in [9.17, 15) is 0 Å². The number of hydrogen-bond acceptors (Lipinski definition) is 4. The summed E-state index contributed by atoms with van der Waals surface area (Å²) in [6, 6.07) is 4.31. The van der Waals surface area contributed by atoms with Crippen LogP contribution < -0.4 is 5.32 Å². The molecule has 3 nitrogen and oxygen atoms in total. The Kier molecular flexibility index (Phi) is 5.45. The molecule has 2 rings (SSSR count). The second kappa shape index (κ2) is 7.11. The van der Waals surface area contributed by atoms with Gasteiger partial charge in [-0.25, -0.2) is 0 Å². The average Bonchev–Trinajstić information content (AvgIpc) is 2.88. The van der Waals surface area contributed by atoms with Crippen LogP contribution in [0.2, 0.25) is 0 Å². The maximum atomic E-state index is 5.75. The van der Waals surface area contributed by atoms with E-state index in [0.29, 0.717) is 6.10 Å². The van der Waals surface area contributed by atoms with Crippen LogP contribution in [0.1, 0.15) is 11.8 Å². The zero-order chi connectivity index (χ0) is 11.9. The van der Waals surface area contributed by atoms with E-state index in [0.717, 1.165) is 45.8 Å². The van der Waals surface area contributed by atoms with Gasteiger partial charge in [0, 0.05) is 31.1 Å². The van der Waals surface area contributed by atoms with Crippen LogP contribution in [0.4, 0.5) is 0 Å². The molecule has 0 spiro atoms. The maximum Gasteiger partial charge on any atom is 0.0826 e. The van der Waals surface area contributed by atoms with Crippen molar-refractivity contribution in [3.05, 3.63) is 22.4 Å². The van der Waals surface area contributed by atoms with E-state index in [1.807, 2.05) is 11.3 Å². The molecule has 1 fully saturated rings. The third kappa shape index (κ3) is 4.39. The van der Waals surface area contributed by atoms with Gasteiger partial charge in [0.05, 0.1) is 12.7 Å². The maximum absolute atomic E-state index is 5.75. The number of ether oxygens (including phenoxy) is 1. The molecule has 2 heterocycles. The van der Waals surface area contributed by atoms with Crippen molar-refractivity contribution < 1.29 is 4.74 Å². The summed E-state index contributed by atoms with van der Waals surface area (Å²) in [6.45, 7) is 8.41. The summed E-state index contributed by atoms with van der Waals surface area (Å²) >= 11 is 1.83. The largest absolute Gasteiger partial charge is 0.374 e. The van der Waals surface area contributed by atoms with Gasteiger partial charge in [0.2, 0.25) is 0 Å². The lowest BCUT2D eigenvalue weighted by Crippen LogP contribution is -2.46. The zero-order valence-electron chi connectivity index (χ0n) is 10.5. The van der Waals surface area contributed by atoms with Crippen LogP contribution in [-0.2, 0) is 11.2 Å². The predicted octanol–water partition coefficient (Wildman–Crippen LogP) is 1.60. The van der Waals surface area contributed by atoms with Gasteiger partial charge in [0.25, 0.3) is 0 Å². The molecule has 1 aliphatic rings. The highest BCUT2D eigenvalue weighted by molar-refractivity contribution is 7.09. The molecule has 1 saturated heterocycles. The molecule has 1 aliphatic heterocycles. The number of likely N-dealkylation sites (N-methyl/N-ethyl adjacent to an activating group) is 1. The van der Waals surface area contributed by atoms with Crippen LogP contribution in [0.15, 0.2) is 17.5 Å². The van der Waals surface area contributed by atoms with Gasteiger partial charge in [-0.05, 0) is 24.4 Å². The summed E-state index contributed by atoms with van der Waals surface area (Å²) in [5.74, 6) is 0. The van der Waals surface area contributed by atoms with Crippen molar-refractivity contribution in [2.24, 2.45) is 0 Å². The number of nitrogens with one attached hydrogen (secondary N) is 1. The van der Waals surface area contributed by atoms with Gasteiger partial charge in [-0.15, -0.1) is 11.3 Å². The molecule has 96 valence electrons. The van der Waals surface area contributed by atoms with E-state index >= 15 is 0 Å². The minimum Gasteiger partial charge on any atom is -0.374 e. The van der Waals surface area contributed by atoms with Crippen molar-refractivity contribution >= 4 is 11.3 Å². The third-order valence-corrected chi connectivity index (χ3v) is 4.11. The van der Waals surface area contributed by atoms with Gasteiger partial charge in [0.15, 0.2) is 0 Å². The number of thiophene rings is 1. The van der Waals surface area contributed by atoms with Gasteiger partial charge in [-0.1, -0.05) is 13.0 Å². The Morgan fingerprint density at radius 1 is 1.59 bits per heavy atom. The summed E-state index contributed by atoms with van der Waals surface area (Å²) in [5.41, 5.74) is 0. The second-order valence-corrected chi connectivity index (χ2v) is 5.45. The molecule has 0 bridgehead atoms. The lowest BCUT2D eigenvalue weighted by molar-refractivity contribution is -0.0251. The van der Waals surface area contributed by atoms with Gasteiger partial charge < -0.3 is 10.1 Å². The van der Waals surface area contributed by atoms with Crippen molar-refractivity contribution in [3.8, 4) is 0 Å². The second-order valence-electron chi connectivity index (χ2n) is 4.42. The lowest BCUT2D eigenvalue weighted by atomic mass is 10.2. The standard InChI is InChI=1S/C13H22N2OS/c1-2-15-7-8-16-12(11-15)10-14-6-5-13-4-3-9-17-13/h3-4,9,12,14H,2,5-8,10-11H2,1H3. The SMILES string of the molecule is CCN1CCOC(CNCCc2cccs2)C1. The first kappa shape index (κ1) is 13.0. The average molecular weight is 254 g/mol. The minimum absolute atomic E-state index is 0.368. The van der Waals surface area contributed by atoms with Crippen LogP contribution in [0, 0.1) is 0 Å². The highest BCUT2D eigenvalue weighted by Crippen LogP contribution is 2.08. The first-order chi connectivity index (χ1) is 8.38. The van der Waals surface area contributed by atoms with Crippen LogP contribution >= 0.6 is 11.3 Å². The lowest BCUT2D eigenvalue weighted by Gasteiger charge is -2.32. The molecule has 1 unspecified atom stereocenters. The highest BCUT2D eigenvalue weighted by Gasteiger charge is 2.18. The Morgan fingerprint density at radius 3 is 3.29 bits per heavy atom. The van der Waals surface area contributed by atoms with Gasteiger partial charge in [-0.2, -0.15) is 0 Å². The van der Waals surface area contributed by atoms with E-state index in [2.05, 4.69) is 34.7 Å². The number of nitrogens with zero attached hydrogens (tertiary/aromatic N) is 1. The van der Waals surface area contributed by atoms with Crippen LogP contribution in [0.3, 0.4) is 0 Å². The topological polar surface area (TPSA) is 24.5 Å². The fraction of sp³-hybridized carbons (Fsp3) is 0.692. The van der Waals surface area contributed by atoms with Crippen LogP contribution in [-0.4, -0.2) is 50.3 Å². The molecule has 4 heteroatoms. The van der Waals surface area contributed by atoms with Crippen molar-refractivity contribution in [1.29, 1.82) is 0 Å². The van der Waals surface area contributed by atoms with Crippen molar-refractivity contribution in [2.45, 2.75) is 19.4 Å². The highest BCUT2D eigenvalue weighted by atomic mass is 32.1. The molecular weight excluding hydrogens is 232 g/mol. The molecule has 0 amide bonds. The first-order valence-corrected chi connectivity index (χ1v) is 7.33. The van der Waals surface area contributed by atoms with Crippen molar-refractivity contribution in [3.63, 3.8) is 0 Å². The van der Waals surface area contributed by atoms with Gasteiger partial charge >= 0.3 is 0 Å². The molecule has 0 radical (unpaired) electrons. The molecule has 0 aliphatic carbocycles.